The molecule has 0 bridgehead atoms. The van der Waals surface area contributed by atoms with E-state index in [-0.39, 0.29) is 10.6 Å². The van der Waals surface area contributed by atoms with Gasteiger partial charge in [0.2, 0.25) is 10.0 Å². The van der Waals surface area contributed by atoms with E-state index in [0.29, 0.717) is 17.1 Å². The number of benzene rings is 2. The molecule has 3 rings (SSSR count). The highest BCUT2D eigenvalue weighted by atomic mass is 32.2. The zero-order valence-corrected chi connectivity index (χ0v) is 21.2. The molecule has 1 unspecified atom stereocenters. The number of esters is 1. The third-order valence-corrected chi connectivity index (χ3v) is 7.20. The summed E-state index contributed by atoms with van der Waals surface area (Å²) in [6, 6.07) is 14.4. The molecular weight excluding hydrogens is 496 g/mol. The van der Waals surface area contributed by atoms with Crippen LogP contribution in [0.5, 0.6) is 0 Å². The Hall–Kier alpha value is -2.80. The summed E-state index contributed by atoms with van der Waals surface area (Å²) >= 11 is 3.00. The summed E-state index contributed by atoms with van der Waals surface area (Å²) in [5, 5.41) is 12.3. The summed E-state index contributed by atoms with van der Waals surface area (Å²) in [7, 11) is -2.59. The van der Waals surface area contributed by atoms with Crippen molar-refractivity contribution in [3.63, 3.8) is 0 Å². The van der Waals surface area contributed by atoms with Gasteiger partial charge in [0.05, 0.1) is 23.4 Å². The number of amides is 1. The van der Waals surface area contributed by atoms with Crippen molar-refractivity contribution in [2.24, 2.45) is 5.14 Å². The van der Waals surface area contributed by atoms with Crippen molar-refractivity contribution in [1.29, 1.82) is 0 Å². The van der Waals surface area contributed by atoms with Crippen molar-refractivity contribution >= 4 is 45.4 Å². The predicted molar refractivity (Wildman–Crippen MR) is 134 cm³/mol. The smallest absolute Gasteiger partial charge is 0.329 e. The van der Waals surface area contributed by atoms with Crippen LogP contribution in [-0.4, -0.2) is 61.5 Å². The van der Waals surface area contributed by atoms with Crippen molar-refractivity contribution < 1.29 is 22.7 Å². The molecule has 2 aromatic carbocycles. The van der Waals surface area contributed by atoms with Crippen LogP contribution in [0, 0.1) is 0 Å². The van der Waals surface area contributed by atoms with Crippen molar-refractivity contribution in [3.8, 4) is 16.9 Å². The number of hydrogen-bond acceptors (Lipinski definition) is 8. The Bertz CT molecular complexity index is 1270. The molecule has 34 heavy (non-hydrogen) atoms. The number of rotatable bonds is 9. The number of aromatic nitrogens is 2. The van der Waals surface area contributed by atoms with Crippen LogP contribution in [0.2, 0.25) is 0 Å². The van der Waals surface area contributed by atoms with Gasteiger partial charge in [-0.15, -0.1) is 11.8 Å². The number of nitrogens with zero attached hydrogens (tertiary/aromatic N) is 2. The maximum atomic E-state index is 13.0. The van der Waals surface area contributed by atoms with Crippen LogP contribution in [-0.2, 0) is 19.6 Å². The lowest BCUT2D eigenvalue weighted by Crippen LogP contribution is -2.43. The van der Waals surface area contributed by atoms with Gasteiger partial charge in [-0.05, 0) is 55.0 Å². The van der Waals surface area contributed by atoms with Crippen molar-refractivity contribution in [2.45, 2.75) is 15.8 Å². The maximum absolute atomic E-state index is 13.0. The zero-order valence-electron chi connectivity index (χ0n) is 18.7. The van der Waals surface area contributed by atoms with E-state index in [4.69, 9.17) is 9.88 Å². The molecule has 0 aliphatic rings. The van der Waals surface area contributed by atoms with Crippen LogP contribution in [0.3, 0.4) is 0 Å². The number of primary sulfonamides is 1. The Kier molecular flexibility index (Phi) is 8.42. The minimum absolute atomic E-state index is 0.0368. The molecule has 0 radical (unpaired) electrons. The first-order chi connectivity index (χ1) is 16.2. The largest absolute Gasteiger partial charge is 0.467 e. The molecular formula is C22H24N4O5S3. The molecule has 0 fully saturated rings. The fourth-order valence-electron chi connectivity index (χ4n) is 3.14. The molecule has 1 atom stereocenters. The predicted octanol–water partition coefficient (Wildman–Crippen LogP) is 2.54. The van der Waals surface area contributed by atoms with Gasteiger partial charge in [0.15, 0.2) is 5.69 Å². The second-order valence-corrected chi connectivity index (χ2v) is 10.5. The standard InChI is InChI=1S/C22H24N4O5S3/c1-31-22(28)19(13-32-2)24-21(27)18-12-20(14-4-8-16(33-3)9-5-14)26(25-18)15-6-10-17(11-7-15)34(23,29)30/h4-12,19H,13H2,1-3H3,(H,24,27)(H2,23,29,30). The molecule has 1 amide bonds. The molecule has 0 spiro atoms. The first-order valence-electron chi connectivity index (χ1n) is 9.93. The molecule has 0 saturated carbocycles. The third-order valence-electron chi connectivity index (χ3n) is 4.86. The first kappa shape index (κ1) is 25.8. The normalized spacial score (nSPS) is 12.2. The van der Waals surface area contributed by atoms with Crippen LogP contribution in [0.1, 0.15) is 10.5 Å². The second kappa shape index (κ2) is 11.1. The number of hydrogen-bond donors (Lipinski definition) is 2. The van der Waals surface area contributed by atoms with Gasteiger partial charge in [-0.25, -0.2) is 23.0 Å². The van der Waals surface area contributed by atoms with Gasteiger partial charge in [-0.1, -0.05) is 12.1 Å². The Morgan fingerprint density at radius 3 is 2.29 bits per heavy atom. The number of thioether (sulfide) groups is 2. The maximum Gasteiger partial charge on any atom is 0.329 e. The van der Waals surface area contributed by atoms with Gasteiger partial charge >= 0.3 is 5.97 Å². The van der Waals surface area contributed by atoms with Crippen molar-refractivity contribution in [3.05, 3.63) is 60.3 Å². The highest BCUT2D eigenvalue weighted by Gasteiger charge is 2.24. The van der Waals surface area contributed by atoms with E-state index in [2.05, 4.69) is 10.4 Å². The summed E-state index contributed by atoms with van der Waals surface area (Å²) in [4.78, 5) is 26.0. The minimum atomic E-state index is -3.85. The molecule has 0 saturated heterocycles. The Balaban J connectivity index is 2.04. The van der Waals surface area contributed by atoms with Crippen LogP contribution < -0.4 is 10.5 Å². The highest BCUT2D eigenvalue weighted by Crippen LogP contribution is 2.27. The number of nitrogens with two attached hydrogens (primary N) is 1. The van der Waals surface area contributed by atoms with E-state index >= 15 is 0 Å². The molecule has 9 nitrogen and oxygen atoms in total. The fourth-order valence-corrected chi connectivity index (χ4v) is 4.62. The summed E-state index contributed by atoms with van der Waals surface area (Å²) in [6.45, 7) is 0. The second-order valence-electron chi connectivity index (χ2n) is 7.10. The summed E-state index contributed by atoms with van der Waals surface area (Å²) in [5.41, 5.74) is 2.03. The SMILES string of the molecule is COC(=O)C(CSC)NC(=O)c1cc(-c2ccc(SC)cc2)n(-c2ccc(S(N)(=O)=O)cc2)n1. The van der Waals surface area contributed by atoms with Gasteiger partial charge in [0.1, 0.15) is 6.04 Å². The summed E-state index contributed by atoms with van der Waals surface area (Å²) in [5.74, 6) is -0.739. The van der Waals surface area contributed by atoms with Gasteiger partial charge in [-0.2, -0.15) is 16.9 Å². The third kappa shape index (κ3) is 6.00. The number of sulfonamides is 1. The van der Waals surface area contributed by atoms with Crippen LogP contribution >= 0.6 is 23.5 Å². The monoisotopic (exact) mass is 520 g/mol. The van der Waals surface area contributed by atoms with E-state index in [0.717, 1.165) is 10.5 Å². The lowest BCUT2D eigenvalue weighted by Gasteiger charge is -2.14. The zero-order chi connectivity index (χ0) is 24.9. The molecule has 0 aliphatic carbocycles. The van der Waals surface area contributed by atoms with E-state index in [1.54, 1.807) is 30.0 Å². The van der Waals surface area contributed by atoms with Crippen LogP contribution in [0.25, 0.3) is 16.9 Å². The van der Waals surface area contributed by atoms with Gasteiger partial charge in [-0.3, -0.25) is 4.79 Å². The van der Waals surface area contributed by atoms with E-state index in [9.17, 15) is 18.0 Å². The highest BCUT2D eigenvalue weighted by molar-refractivity contribution is 7.98. The summed E-state index contributed by atoms with van der Waals surface area (Å²) in [6.07, 6.45) is 3.79. The van der Waals surface area contributed by atoms with Gasteiger partial charge in [0.25, 0.3) is 5.91 Å². The minimum Gasteiger partial charge on any atom is -0.467 e. The van der Waals surface area contributed by atoms with Crippen molar-refractivity contribution in [2.75, 3.05) is 25.4 Å². The van der Waals surface area contributed by atoms with E-state index in [1.165, 1.54) is 35.7 Å². The molecule has 0 aliphatic heterocycles. The molecule has 1 aromatic heterocycles. The Morgan fingerprint density at radius 1 is 1.12 bits per heavy atom. The lowest BCUT2D eigenvalue weighted by atomic mass is 10.1. The van der Waals surface area contributed by atoms with Crippen LogP contribution in [0.15, 0.2) is 64.4 Å². The number of carbonyl (C=O) groups excluding carboxylic acids is 2. The topological polar surface area (TPSA) is 133 Å². The van der Waals surface area contributed by atoms with E-state index < -0.39 is 27.9 Å². The number of carbonyl (C=O) groups is 2. The Morgan fingerprint density at radius 2 is 1.76 bits per heavy atom. The molecule has 3 N–H and O–H groups in total. The van der Waals surface area contributed by atoms with Gasteiger partial charge < -0.3 is 10.1 Å². The fraction of sp³-hybridized carbons (Fsp3) is 0.227. The first-order valence-corrected chi connectivity index (χ1v) is 14.1. The van der Waals surface area contributed by atoms with Crippen LogP contribution in [0.4, 0.5) is 0 Å². The van der Waals surface area contributed by atoms with Crippen molar-refractivity contribution in [1.82, 2.24) is 15.1 Å². The average Bonchev–Trinajstić information content (AvgIpc) is 3.28. The number of nitrogens with one attached hydrogen (secondary N) is 1. The quantitative estimate of drug-likeness (QED) is 0.325. The molecule has 3 aromatic rings. The lowest BCUT2D eigenvalue weighted by molar-refractivity contribution is -0.142. The number of methoxy groups -OCH3 is 1. The van der Waals surface area contributed by atoms with E-state index in [1.807, 2.05) is 36.8 Å². The molecule has 1 heterocycles. The number of ether oxygens (including phenoxy) is 1. The molecule has 12 heteroatoms. The Labute approximate surface area is 206 Å². The average molecular weight is 521 g/mol. The van der Waals surface area contributed by atoms with Gasteiger partial charge in [0, 0.05) is 16.2 Å². The summed E-state index contributed by atoms with van der Waals surface area (Å²) < 4.78 is 29.6. The molecule has 180 valence electrons.